The molecule has 1 aliphatic rings. The van der Waals surface area contributed by atoms with E-state index in [1.807, 2.05) is 0 Å². The van der Waals surface area contributed by atoms with Crippen molar-refractivity contribution >= 4 is 24.3 Å². The number of halogens is 3. The molecule has 1 saturated heterocycles. The summed E-state index contributed by atoms with van der Waals surface area (Å²) in [4.78, 5) is 16.7. The molecule has 7 nitrogen and oxygen atoms in total. The van der Waals surface area contributed by atoms with Gasteiger partial charge in [0.05, 0.1) is 0 Å². The van der Waals surface area contributed by atoms with E-state index in [0.717, 1.165) is 37.3 Å². The van der Waals surface area contributed by atoms with Crippen molar-refractivity contribution in [3.63, 3.8) is 0 Å². The third-order valence-corrected chi connectivity index (χ3v) is 4.52. The van der Waals surface area contributed by atoms with Crippen LogP contribution in [0.2, 0.25) is 0 Å². The average Bonchev–Trinajstić information content (AvgIpc) is 3.02. The zero-order valence-electron chi connectivity index (χ0n) is 15.5. The fraction of sp³-hybridized carbons (Fsp3) is 0.500. The first-order valence-electron chi connectivity index (χ1n) is 8.96. The van der Waals surface area contributed by atoms with Crippen molar-refractivity contribution in [3.8, 4) is 5.75 Å². The maximum atomic E-state index is 12.2. The summed E-state index contributed by atoms with van der Waals surface area (Å²) in [7, 11) is 1.76. The molecular weight excluding hydrogens is 392 g/mol. The summed E-state index contributed by atoms with van der Waals surface area (Å²) in [5.74, 6) is 1.45. The summed E-state index contributed by atoms with van der Waals surface area (Å²) < 4.78 is 30.2. The lowest BCUT2D eigenvalue weighted by atomic mass is 9.98. The molecule has 28 heavy (non-hydrogen) atoms. The molecule has 1 aromatic heterocycles. The van der Waals surface area contributed by atoms with Gasteiger partial charge in [0, 0.05) is 19.4 Å². The van der Waals surface area contributed by atoms with Gasteiger partial charge in [-0.1, -0.05) is 12.1 Å². The van der Waals surface area contributed by atoms with Crippen LogP contribution >= 0.6 is 12.4 Å². The van der Waals surface area contributed by atoms with Crippen LogP contribution in [0.3, 0.4) is 0 Å². The second kappa shape index (κ2) is 10.3. The third kappa shape index (κ3) is 6.13. The summed E-state index contributed by atoms with van der Waals surface area (Å²) in [5.41, 5.74) is 0.861. The molecule has 0 spiro atoms. The van der Waals surface area contributed by atoms with Gasteiger partial charge in [-0.05, 0) is 50.0 Å². The standard InChI is InChI=1S/C18H23F2N5O2.ClH/c1-25-18(23-16(24-25)13-8-10-21-11-9-13)22-15(26)7-4-12-2-5-14(6-3-12)27-17(19)20;/h2-3,5-6,13,17,21H,4,7-11H2,1H3,(H,22,23,24,26);1H. The number of hydrogen-bond donors (Lipinski definition) is 2. The van der Waals surface area contributed by atoms with Gasteiger partial charge in [-0.2, -0.15) is 18.9 Å². The maximum absolute atomic E-state index is 12.2. The van der Waals surface area contributed by atoms with E-state index >= 15 is 0 Å². The van der Waals surface area contributed by atoms with Crippen molar-refractivity contribution in [2.75, 3.05) is 18.4 Å². The number of aryl methyl sites for hydroxylation is 2. The van der Waals surface area contributed by atoms with Gasteiger partial charge < -0.3 is 10.1 Å². The van der Waals surface area contributed by atoms with Crippen molar-refractivity contribution < 1.29 is 18.3 Å². The molecule has 2 aromatic rings. The normalized spacial score (nSPS) is 14.6. The Bertz CT molecular complexity index is 764. The number of aromatic nitrogens is 3. The minimum atomic E-state index is -2.84. The van der Waals surface area contributed by atoms with Crippen LogP contribution in [0, 0.1) is 0 Å². The molecule has 1 amide bonds. The summed E-state index contributed by atoms with van der Waals surface area (Å²) in [6, 6.07) is 6.27. The lowest BCUT2D eigenvalue weighted by Gasteiger charge is -2.19. The van der Waals surface area contributed by atoms with Crippen LogP contribution in [0.15, 0.2) is 24.3 Å². The largest absolute Gasteiger partial charge is 0.435 e. The number of amides is 1. The summed E-state index contributed by atoms with van der Waals surface area (Å²) in [6.45, 7) is -0.944. The van der Waals surface area contributed by atoms with Gasteiger partial charge in [-0.25, -0.2) is 4.68 Å². The van der Waals surface area contributed by atoms with Gasteiger partial charge in [0.25, 0.3) is 0 Å². The molecule has 0 radical (unpaired) electrons. The average molecular weight is 416 g/mol. The highest BCUT2D eigenvalue weighted by molar-refractivity contribution is 5.89. The van der Waals surface area contributed by atoms with E-state index in [9.17, 15) is 13.6 Å². The summed E-state index contributed by atoms with van der Waals surface area (Å²) in [6.07, 6.45) is 2.72. The topological polar surface area (TPSA) is 81.1 Å². The predicted molar refractivity (Wildman–Crippen MR) is 103 cm³/mol. The van der Waals surface area contributed by atoms with Crippen LogP contribution in [0.4, 0.5) is 14.7 Å². The molecule has 0 bridgehead atoms. The number of piperidine rings is 1. The maximum Gasteiger partial charge on any atom is 0.387 e. The fourth-order valence-electron chi connectivity index (χ4n) is 3.05. The third-order valence-electron chi connectivity index (χ3n) is 4.52. The Morgan fingerprint density at radius 2 is 2.00 bits per heavy atom. The van der Waals surface area contributed by atoms with E-state index in [1.54, 1.807) is 23.9 Å². The van der Waals surface area contributed by atoms with Crippen LogP contribution < -0.4 is 15.4 Å². The van der Waals surface area contributed by atoms with Crippen LogP contribution in [-0.2, 0) is 18.3 Å². The van der Waals surface area contributed by atoms with Gasteiger partial charge in [0.15, 0.2) is 5.82 Å². The minimum absolute atomic E-state index is 0. The van der Waals surface area contributed by atoms with E-state index in [2.05, 4.69) is 25.5 Å². The Labute approximate surface area is 168 Å². The number of nitrogens with one attached hydrogen (secondary N) is 2. The second-order valence-corrected chi connectivity index (χ2v) is 6.51. The Hall–Kier alpha value is -2.26. The molecule has 3 rings (SSSR count). The number of anilines is 1. The molecule has 0 unspecified atom stereocenters. The zero-order valence-corrected chi connectivity index (χ0v) is 16.3. The quantitative estimate of drug-likeness (QED) is 0.726. The number of benzene rings is 1. The highest BCUT2D eigenvalue weighted by atomic mass is 35.5. The van der Waals surface area contributed by atoms with Crippen molar-refractivity contribution in [1.82, 2.24) is 20.1 Å². The Kier molecular flexibility index (Phi) is 8.13. The molecule has 2 N–H and O–H groups in total. The van der Waals surface area contributed by atoms with E-state index in [1.165, 1.54) is 12.1 Å². The van der Waals surface area contributed by atoms with Crippen molar-refractivity contribution in [1.29, 1.82) is 0 Å². The number of carbonyl (C=O) groups excluding carboxylic acids is 1. The van der Waals surface area contributed by atoms with E-state index < -0.39 is 6.61 Å². The number of carbonyl (C=O) groups is 1. The molecule has 0 aliphatic carbocycles. The Morgan fingerprint density at radius 3 is 2.64 bits per heavy atom. The zero-order chi connectivity index (χ0) is 19.2. The number of nitrogens with zero attached hydrogens (tertiary/aromatic N) is 3. The highest BCUT2D eigenvalue weighted by Gasteiger charge is 2.21. The first-order valence-corrected chi connectivity index (χ1v) is 8.96. The lowest BCUT2D eigenvalue weighted by Crippen LogP contribution is -2.27. The smallest absolute Gasteiger partial charge is 0.387 e. The van der Waals surface area contributed by atoms with Crippen LogP contribution in [-0.4, -0.2) is 40.4 Å². The molecule has 154 valence electrons. The van der Waals surface area contributed by atoms with E-state index in [4.69, 9.17) is 0 Å². The molecule has 10 heteroatoms. The van der Waals surface area contributed by atoms with Crippen molar-refractivity contribution in [2.45, 2.75) is 38.2 Å². The van der Waals surface area contributed by atoms with Gasteiger partial charge in [-0.15, -0.1) is 12.4 Å². The first kappa shape index (κ1) is 22.0. The fourth-order valence-corrected chi connectivity index (χ4v) is 3.05. The van der Waals surface area contributed by atoms with Crippen molar-refractivity contribution in [2.24, 2.45) is 7.05 Å². The van der Waals surface area contributed by atoms with Gasteiger partial charge in [-0.3, -0.25) is 10.1 Å². The molecule has 1 aromatic carbocycles. The lowest BCUT2D eigenvalue weighted by molar-refractivity contribution is -0.116. The highest BCUT2D eigenvalue weighted by Crippen LogP contribution is 2.23. The molecule has 0 saturated carbocycles. The number of hydrogen-bond acceptors (Lipinski definition) is 5. The number of rotatable bonds is 7. The summed E-state index contributed by atoms with van der Waals surface area (Å²) >= 11 is 0. The Morgan fingerprint density at radius 1 is 1.32 bits per heavy atom. The van der Waals surface area contributed by atoms with Gasteiger partial charge in [0.2, 0.25) is 11.9 Å². The van der Waals surface area contributed by atoms with Crippen molar-refractivity contribution in [3.05, 3.63) is 35.7 Å². The van der Waals surface area contributed by atoms with Gasteiger partial charge in [0.1, 0.15) is 5.75 Å². The van der Waals surface area contributed by atoms with Crippen LogP contribution in [0.25, 0.3) is 0 Å². The molecular formula is C18H24ClF2N5O2. The number of alkyl halides is 2. The van der Waals surface area contributed by atoms with E-state index in [0.29, 0.717) is 18.3 Å². The second-order valence-electron chi connectivity index (χ2n) is 6.51. The molecule has 2 heterocycles. The molecule has 0 atom stereocenters. The Balaban J connectivity index is 0.00000280. The minimum Gasteiger partial charge on any atom is -0.435 e. The monoisotopic (exact) mass is 415 g/mol. The van der Waals surface area contributed by atoms with Gasteiger partial charge >= 0.3 is 6.61 Å². The SMILES string of the molecule is Cl.Cn1nc(C2CCNCC2)nc1NC(=O)CCc1ccc(OC(F)F)cc1. The summed E-state index contributed by atoms with van der Waals surface area (Å²) in [5, 5.41) is 10.5. The molecule has 1 aliphatic heterocycles. The first-order chi connectivity index (χ1) is 13.0. The molecule has 1 fully saturated rings. The van der Waals surface area contributed by atoms with Crippen LogP contribution in [0.1, 0.15) is 36.6 Å². The predicted octanol–water partition coefficient (Wildman–Crippen LogP) is 2.88. The number of ether oxygens (including phenoxy) is 1. The van der Waals surface area contributed by atoms with Crippen LogP contribution in [0.5, 0.6) is 5.75 Å². The van der Waals surface area contributed by atoms with E-state index in [-0.39, 0.29) is 30.5 Å².